The molecule has 2 aromatic carbocycles. The number of rotatable bonds is 6. The number of benzene rings is 2. The summed E-state index contributed by atoms with van der Waals surface area (Å²) in [4.78, 5) is 1.07. The van der Waals surface area contributed by atoms with Crippen molar-refractivity contribution >= 4 is 10.0 Å². The number of nitrogens with one attached hydrogen (secondary N) is 1. The molecule has 0 amide bonds. The van der Waals surface area contributed by atoms with E-state index in [4.69, 9.17) is 0 Å². The molecule has 0 heterocycles. The predicted molar refractivity (Wildman–Crippen MR) is 84.4 cm³/mol. The molecule has 8 heteroatoms. The third-order valence-corrected chi connectivity index (χ3v) is 4.96. The molecular weight excluding hydrogens is 341 g/mol. The minimum absolute atomic E-state index is 0.102. The Kier molecular flexibility index (Phi) is 5.63. The summed E-state index contributed by atoms with van der Waals surface area (Å²) < 4.78 is 66.7. The predicted octanol–water partition coefficient (Wildman–Crippen LogP) is 2.69. The van der Waals surface area contributed by atoms with Gasteiger partial charge >= 0.3 is 0 Å². The molecule has 0 saturated carbocycles. The fourth-order valence-electron chi connectivity index (χ4n) is 2.27. The third-order valence-electron chi connectivity index (χ3n) is 3.51. The van der Waals surface area contributed by atoms with Crippen LogP contribution in [0.1, 0.15) is 11.6 Å². The van der Waals surface area contributed by atoms with E-state index >= 15 is 0 Å². The van der Waals surface area contributed by atoms with Crippen LogP contribution >= 0.6 is 0 Å². The Morgan fingerprint density at radius 3 is 2.29 bits per heavy atom. The molecule has 0 radical (unpaired) electrons. The van der Waals surface area contributed by atoms with E-state index in [1.807, 2.05) is 0 Å². The maximum absolute atomic E-state index is 13.7. The van der Waals surface area contributed by atoms with Crippen molar-refractivity contribution in [3.8, 4) is 0 Å². The molecule has 1 atom stereocenters. The van der Waals surface area contributed by atoms with Crippen molar-refractivity contribution in [2.75, 3.05) is 20.6 Å². The van der Waals surface area contributed by atoms with Crippen molar-refractivity contribution in [2.24, 2.45) is 0 Å². The largest absolute Gasteiger partial charge is 0.301 e. The molecule has 0 aliphatic carbocycles. The zero-order valence-corrected chi connectivity index (χ0v) is 13.9. The van der Waals surface area contributed by atoms with Crippen molar-refractivity contribution in [3.05, 3.63) is 65.5 Å². The van der Waals surface area contributed by atoms with Gasteiger partial charge in [0.1, 0.15) is 22.3 Å². The van der Waals surface area contributed by atoms with Crippen LogP contribution in [0.25, 0.3) is 0 Å². The van der Waals surface area contributed by atoms with Crippen molar-refractivity contribution in [1.82, 2.24) is 9.62 Å². The number of sulfonamides is 1. The van der Waals surface area contributed by atoms with Crippen molar-refractivity contribution in [2.45, 2.75) is 10.9 Å². The normalized spacial score (nSPS) is 13.2. The Balaban J connectivity index is 2.22. The van der Waals surface area contributed by atoms with Crippen LogP contribution in [0.15, 0.2) is 47.4 Å². The van der Waals surface area contributed by atoms with E-state index < -0.39 is 38.4 Å². The minimum Gasteiger partial charge on any atom is -0.301 e. The molecule has 2 aromatic rings. The van der Waals surface area contributed by atoms with Gasteiger partial charge in [-0.05, 0) is 43.9 Å². The fourth-order valence-corrected chi connectivity index (χ4v) is 3.37. The molecular formula is C16H17F3N2O2S. The van der Waals surface area contributed by atoms with Crippen LogP contribution in [0.2, 0.25) is 0 Å². The first-order valence-corrected chi connectivity index (χ1v) is 8.55. The third kappa shape index (κ3) is 4.34. The lowest BCUT2D eigenvalue weighted by Gasteiger charge is -2.25. The van der Waals surface area contributed by atoms with Gasteiger partial charge in [0.25, 0.3) is 0 Å². The van der Waals surface area contributed by atoms with Crippen molar-refractivity contribution < 1.29 is 21.6 Å². The highest BCUT2D eigenvalue weighted by molar-refractivity contribution is 7.89. The van der Waals surface area contributed by atoms with Gasteiger partial charge in [0.2, 0.25) is 10.0 Å². The summed E-state index contributed by atoms with van der Waals surface area (Å²) in [7, 11) is -0.745. The van der Waals surface area contributed by atoms with Crippen molar-refractivity contribution in [1.29, 1.82) is 0 Å². The Hall–Kier alpha value is -1.90. The standard InChI is InChI=1S/C16H17F3N2O2S/c1-21(2)15(11-4-3-5-12(17)8-11)10-20-24(22,23)16-7-6-13(18)9-14(16)19/h3-9,15,20H,10H2,1-2H3. The summed E-state index contributed by atoms with van der Waals surface area (Å²) in [6.07, 6.45) is 0. The van der Waals surface area contributed by atoms with Crippen molar-refractivity contribution in [3.63, 3.8) is 0 Å². The monoisotopic (exact) mass is 358 g/mol. The van der Waals surface area contributed by atoms with Gasteiger partial charge in [0.15, 0.2) is 0 Å². The maximum atomic E-state index is 13.7. The molecule has 1 N–H and O–H groups in total. The molecule has 2 rings (SSSR count). The topological polar surface area (TPSA) is 49.4 Å². The highest BCUT2D eigenvalue weighted by atomic mass is 32.2. The second-order valence-electron chi connectivity index (χ2n) is 5.46. The van der Waals surface area contributed by atoms with Gasteiger partial charge in [-0.1, -0.05) is 12.1 Å². The first-order chi connectivity index (χ1) is 11.2. The SMILES string of the molecule is CN(C)C(CNS(=O)(=O)c1ccc(F)cc1F)c1cccc(F)c1. The fraction of sp³-hybridized carbons (Fsp3) is 0.250. The first kappa shape index (κ1) is 18.4. The lowest BCUT2D eigenvalue weighted by atomic mass is 10.1. The Morgan fingerprint density at radius 1 is 1.04 bits per heavy atom. The molecule has 0 spiro atoms. The van der Waals surface area contributed by atoms with E-state index in [1.54, 1.807) is 25.1 Å². The van der Waals surface area contributed by atoms with E-state index in [-0.39, 0.29) is 6.54 Å². The molecule has 0 saturated heterocycles. The number of hydrogen-bond donors (Lipinski definition) is 1. The maximum Gasteiger partial charge on any atom is 0.243 e. The number of hydrogen-bond acceptors (Lipinski definition) is 3. The van der Waals surface area contributed by atoms with Gasteiger partial charge in [-0.25, -0.2) is 26.3 Å². The molecule has 24 heavy (non-hydrogen) atoms. The summed E-state index contributed by atoms with van der Waals surface area (Å²) in [6.45, 7) is -0.102. The van der Waals surface area contributed by atoms with E-state index in [0.717, 1.165) is 12.1 Å². The lowest BCUT2D eigenvalue weighted by Crippen LogP contribution is -2.35. The molecule has 0 aliphatic heterocycles. The van der Waals surface area contributed by atoms with E-state index in [9.17, 15) is 21.6 Å². The highest BCUT2D eigenvalue weighted by Gasteiger charge is 2.23. The molecule has 0 aliphatic rings. The van der Waals surface area contributed by atoms with Crippen LogP contribution in [0, 0.1) is 17.5 Å². The highest BCUT2D eigenvalue weighted by Crippen LogP contribution is 2.20. The molecule has 4 nitrogen and oxygen atoms in total. The zero-order valence-electron chi connectivity index (χ0n) is 13.1. The number of nitrogens with zero attached hydrogens (tertiary/aromatic N) is 1. The lowest BCUT2D eigenvalue weighted by molar-refractivity contribution is 0.298. The van der Waals surface area contributed by atoms with E-state index in [1.165, 1.54) is 18.2 Å². The molecule has 130 valence electrons. The Bertz CT molecular complexity index is 826. The number of halogens is 3. The Morgan fingerprint density at radius 2 is 1.71 bits per heavy atom. The Labute approximate surface area is 139 Å². The van der Waals surface area contributed by atoms with Crippen LogP contribution < -0.4 is 4.72 Å². The molecule has 0 fully saturated rings. The van der Waals surface area contributed by atoms with Crippen LogP contribution in [-0.2, 0) is 10.0 Å². The average Bonchev–Trinajstić information content (AvgIpc) is 2.46. The van der Waals surface area contributed by atoms with Crippen LogP contribution in [0.5, 0.6) is 0 Å². The summed E-state index contributed by atoms with van der Waals surface area (Å²) in [5.74, 6) is -2.47. The molecule has 0 bridgehead atoms. The summed E-state index contributed by atoms with van der Waals surface area (Å²) in [6, 6.07) is 7.55. The van der Waals surface area contributed by atoms with E-state index in [2.05, 4.69) is 4.72 Å². The second-order valence-corrected chi connectivity index (χ2v) is 7.20. The van der Waals surface area contributed by atoms with Gasteiger partial charge in [-0.15, -0.1) is 0 Å². The van der Waals surface area contributed by atoms with Gasteiger partial charge < -0.3 is 4.90 Å². The molecule has 1 unspecified atom stereocenters. The number of likely N-dealkylation sites (N-methyl/N-ethyl adjacent to an activating group) is 1. The summed E-state index contributed by atoms with van der Waals surface area (Å²) >= 11 is 0. The smallest absolute Gasteiger partial charge is 0.243 e. The van der Waals surface area contributed by atoms with E-state index in [0.29, 0.717) is 11.6 Å². The van der Waals surface area contributed by atoms with Gasteiger partial charge in [-0.3, -0.25) is 0 Å². The first-order valence-electron chi connectivity index (χ1n) is 7.07. The second kappa shape index (κ2) is 7.33. The van der Waals surface area contributed by atoms with Gasteiger partial charge in [0, 0.05) is 18.7 Å². The minimum atomic E-state index is -4.17. The zero-order chi connectivity index (χ0) is 17.9. The quantitative estimate of drug-likeness (QED) is 0.864. The average molecular weight is 358 g/mol. The summed E-state index contributed by atoms with van der Waals surface area (Å²) in [5, 5.41) is 0. The molecule has 0 aromatic heterocycles. The van der Waals surface area contributed by atoms with Crippen LogP contribution in [0.4, 0.5) is 13.2 Å². The van der Waals surface area contributed by atoms with Crippen LogP contribution in [0.3, 0.4) is 0 Å². The van der Waals surface area contributed by atoms with Crippen LogP contribution in [-0.4, -0.2) is 34.0 Å². The summed E-state index contributed by atoms with van der Waals surface area (Å²) in [5.41, 5.74) is 0.572. The van der Waals surface area contributed by atoms with Gasteiger partial charge in [-0.2, -0.15) is 0 Å². The van der Waals surface area contributed by atoms with Gasteiger partial charge in [0.05, 0.1) is 0 Å².